The van der Waals surface area contributed by atoms with Gasteiger partial charge in [-0.1, -0.05) is 30.3 Å². The van der Waals surface area contributed by atoms with E-state index >= 15 is 0 Å². The molecular formula is C13H18O3. The Morgan fingerprint density at radius 1 is 1.25 bits per heavy atom. The molecule has 3 heteroatoms. The van der Waals surface area contributed by atoms with Crippen LogP contribution in [-0.4, -0.2) is 30.2 Å². The van der Waals surface area contributed by atoms with Crippen molar-refractivity contribution < 1.29 is 14.6 Å². The number of aliphatic hydroxyl groups is 1. The average Bonchev–Trinajstić information content (AvgIpc) is 2.82. The zero-order valence-corrected chi connectivity index (χ0v) is 9.56. The lowest BCUT2D eigenvalue weighted by Crippen LogP contribution is -2.40. The van der Waals surface area contributed by atoms with Gasteiger partial charge in [-0.05, 0) is 25.3 Å². The number of hydrogen-bond acceptors (Lipinski definition) is 3. The van der Waals surface area contributed by atoms with Gasteiger partial charge in [0, 0.05) is 0 Å². The van der Waals surface area contributed by atoms with Gasteiger partial charge >= 0.3 is 0 Å². The highest BCUT2D eigenvalue weighted by Crippen LogP contribution is 2.24. The molecular weight excluding hydrogens is 204 g/mol. The molecule has 88 valence electrons. The van der Waals surface area contributed by atoms with E-state index in [9.17, 15) is 5.11 Å². The van der Waals surface area contributed by atoms with Crippen molar-refractivity contribution in [2.75, 3.05) is 13.2 Å². The first kappa shape index (κ1) is 11.6. The smallest absolute Gasteiger partial charge is 0.186 e. The van der Waals surface area contributed by atoms with Crippen LogP contribution in [0, 0.1) is 0 Å². The average molecular weight is 222 g/mol. The highest BCUT2D eigenvalue weighted by molar-refractivity contribution is 5.15. The highest BCUT2D eigenvalue weighted by Gasteiger charge is 2.35. The predicted molar refractivity (Wildman–Crippen MR) is 61.1 cm³/mol. The Hall–Kier alpha value is -0.900. The summed E-state index contributed by atoms with van der Waals surface area (Å²) in [5.41, 5.74) is 0.313. The van der Waals surface area contributed by atoms with Crippen LogP contribution in [0.1, 0.15) is 18.9 Å². The normalized spacial score (nSPS) is 20.9. The largest absolute Gasteiger partial charge is 0.385 e. The number of hydrogen-bond donors (Lipinski definition) is 1. The van der Waals surface area contributed by atoms with Crippen molar-refractivity contribution in [1.82, 2.24) is 0 Å². The third-order valence-electron chi connectivity index (χ3n) is 2.89. The summed E-state index contributed by atoms with van der Waals surface area (Å²) in [4.78, 5) is 0. The van der Waals surface area contributed by atoms with Crippen LogP contribution < -0.4 is 0 Å². The van der Waals surface area contributed by atoms with Crippen LogP contribution in [0.25, 0.3) is 0 Å². The summed E-state index contributed by atoms with van der Waals surface area (Å²) in [6, 6.07) is 10.1. The summed E-state index contributed by atoms with van der Waals surface area (Å²) in [7, 11) is 0. The minimum absolute atomic E-state index is 0.476. The van der Waals surface area contributed by atoms with E-state index in [1.54, 1.807) is 6.92 Å². The van der Waals surface area contributed by atoms with Gasteiger partial charge in [0.1, 0.15) is 5.60 Å². The Labute approximate surface area is 96.0 Å². The second-order valence-electron chi connectivity index (χ2n) is 4.42. The summed E-state index contributed by atoms with van der Waals surface area (Å²) >= 11 is 0. The van der Waals surface area contributed by atoms with Gasteiger partial charge in [0.15, 0.2) is 6.29 Å². The molecule has 0 radical (unpaired) electrons. The first-order chi connectivity index (χ1) is 7.68. The van der Waals surface area contributed by atoms with Crippen LogP contribution in [-0.2, 0) is 15.9 Å². The number of rotatable bonds is 4. The predicted octanol–water partition coefficient (Wildman–Crippen LogP) is 1.74. The van der Waals surface area contributed by atoms with Gasteiger partial charge in [-0.2, -0.15) is 0 Å². The van der Waals surface area contributed by atoms with Gasteiger partial charge in [-0.25, -0.2) is 0 Å². The molecule has 1 aromatic carbocycles. The highest BCUT2D eigenvalue weighted by atomic mass is 16.7. The van der Waals surface area contributed by atoms with Crippen molar-refractivity contribution in [2.24, 2.45) is 0 Å². The minimum atomic E-state index is -0.910. The second-order valence-corrected chi connectivity index (χ2v) is 4.42. The Balaban J connectivity index is 1.89. The SMILES string of the molecule is CC(O)(CCc1ccccc1)C1OCCO1. The number of ether oxygens (including phenoxy) is 2. The fourth-order valence-corrected chi connectivity index (χ4v) is 1.88. The summed E-state index contributed by atoms with van der Waals surface area (Å²) in [5.74, 6) is 0. The van der Waals surface area contributed by atoms with Gasteiger partial charge < -0.3 is 14.6 Å². The van der Waals surface area contributed by atoms with Crippen molar-refractivity contribution in [1.29, 1.82) is 0 Å². The van der Waals surface area contributed by atoms with E-state index in [4.69, 9.17) is 9.47 Å². The van der Waals surface area contributed by atoms with Crippen LogP contribution >= 0.6 is 0 Å². The monoisotopic (exact) mass is 222 g/mol. The third kappa shape index (κ3) is 2.82. The number of aryl methyl sites for hydroxylation is 1. The molecule has 1 saturated heterocycles. The maximum atomic E-state index is 10.2. The molecule has 1 heterocycles. The van der Waals surface area contributed by atoms with Gasteiger partial charge in [0.2, 0.25) is 0 Å². The molecule has 0 amide bonds. The fraction of sp³-hybridized carbons (Fsp3) is 0.538. The molecule has 0 aliphatic carbocycles. The van der Waals surface area contributed by atoms with E-state index in [-0.39, 0.29) is 0 Å². The Kier molecular flexibility index (Phi) is 3.59. The molecule has 2 rings (SSSR count). The molecule has 1 aromatic rings. The van der Waals surface area contributed by atoms with Crippen LogP contribution in [0.2, 0.25) is 0 Å². The van der Waals surface area contributed by atoms with Crippen LogP contribution in [0.15, 0.2) is 30.3 Å². The van der Waals surface area contributed by atoms with Crippen LogP contribution in [0.5, 0.6) is 0 Å². The van der Waals surface area contributed by atoms with E-state index in [1.807, 2.05) is 18.2 Å². The second kappa shape index (κ2) is 4.95. The lowest BCUT2D eigenvalue weighted by Gasteiger charge is -2.28. The Morgan fingerprint density at radius 3 is 2.50 bits per heavy atom. The van der Waals surface area contributed by atoms with Gasteiger partial charge in [-0.15, -0.1) is 0 Å². The molecule has 1 aliphatic rings. The van der Waals surface area contributed by atoms with Crippen molar-refractivity contribution in [3.8, 4) is 0 Å². The summed E-state index contributed by atoms with van der Waals surface area (Å²) in [6.45, 7) is 2.92. The van der Waals surface area contributed by atoms with Crippen molar-refractivity contribution in [2.45, 2.75) is 31.7 Å². The molecule has 1 atom stereocenters. The van der Waals surface area contributed by atoms with Gasteiger partial charge in [0.25, 0.3) is 0 Å². The van der Waals surface area contributed by atoms with Crippen molar-refractivity contribution >= 4 is 0 Å². The zero-order chi connectivity index (χ0) is 11.4. The first-order valence-corrected chi connectivity index (χ1v) is 5.68. The molecule has 3 nitrogen and oxygen atoms in total. The van der Waals surface area contributed by atoms with E-state index in [1.165, 1.54) is 5.56 Å². The Morgan fingerprint density at radius 2 is 1.88 bits per heavy atom. The van der Waals surface area contributed by atoms with E-state index < -0.39 is 11.9 Å². The molecule has 0 saturated carbocycles. The quantitative estimate of drug-likeness (QED) is 0.843. The topological polar surface area (TPSA) is 38.7 Å². The molecule has 16 heavy (non-hydrogen) atoms. The lowest BCUT2D eigenvalue weighted by atomic mass is 9.96. The molecule has 1 N–H and O–H groups in total. The first-order valence-electron chi connectivity index (χ1n) is 5.68. The maximum Gasteiger partial charge on any atom is 0.186 e. The molecule has 0 bridgehead atoms. The van der Waals surface area contributed by atoms with Crippen molar-refractivity contribution in [3.63, 3.8) is 0 Å². The zero-order valence-electron chi connectivity index (χ0n) is 9.56. The number of benzene rings is 1. The minimum Gasteiger partial charge on any atom is -0.385 e. The third-order valence-corrected chi connectivity index (χ3v) is 2.89. The van der Waals surface area contributed by atoms with E-state index in [0.29, 0.717) is 19.6 Å². The van der Waals surface area contributed by atoms with Gasteiger partial charge in [0.05, 0.1) is 13.2 Å². The maximum absolute atomic E-state index is 10.2. The fourth-order valence-electron chi connectivity index (χ4n) is 1.88. The van der Waals surface area contributed by atoms with Gasteiger partial charge in [-0.3, -0.25) is 0 Å². The summed E-state index contributed by atoms with van der Waals surface area (Å²) in [5, 5.41) is 10.2. The molecule has 1 aliphatic heterocycles. The summed E-state index contributed by atoms with van der Waals surface area (Å²) in [6.07, 6.45) is 0.995. The molecule has 0 spiro atoms. The molecule has 0 aromatic heterocycles. The standard InChI is InChI=1S/C13H18O3/c1-13(14,12-15-9-10-16-12)8-7-11-5-3-2-4-6-11/h2-6,12,14H,7-10H2,1H3. The van der Waals surface area contributed by atoms with E-state index in [0.717, 1.165) is 6.42 Å². The summed E-state index contributed by atoms with van der Waals surface area (Å²) < 4.78 is 10.7. The van der Waals surface area contributed by atoms with Crippen LogP contribution in [0.4, 0.5) is 0 Å². The van der Waals surface area contributed by atoms with Crippen molar-refractivity contribution in [3.05, 3.63) is 35.9 Å². The lowest BCUT2D eigenvalue weighted by molar-refractivity contribution is -0.175. The van der Waals surface area contributed by atoms with Crippen LogP contribution in [0.3, 0.4) is 0 Å². The molecule has 1 fully saturated rings. The Bertz CT molecular complexity index is 315. The molecule has 1 unspecified atom stereocenters. The van der Waals surface area contributed by atoms with E-state index in [2.05, 4.69) is 12.1 Å².